The van der Waals surface area contributed by atoms with Gasteiger partial charge in [-0.2, -0.15) is 0 Å². The number of amides is 1. The highest BCUT2D eigenvalue weighted by Gasteiger charge is 2.21. The smallest absolute Gasteiger partial charge is 0.233 e. The molecule has 30 heavy (non-hydrogen) atoms. The summed E-state index contributed by atoms with van der Waals surface area (Å²) in [6.45, 7) is 2.50. The molecule has 4 nitrogen and oxygen atoms in total. The molecule has 152 valence electrons. The maximum Gasteiger partial charge on any atom is 0.233 e. The Kier molecular flexibility index (Phi) is 6.67. The summed E-state index contributed by atoms with van der Waals surface area (Å²) in [6, 6.07) is 19.5. The molecule has 0 aliphatic carbocycles. The molecule has 0 fully saturated rings. The third-order valence-corrected chi connectivity index (χ3v) is 6.68. The van der Waals surface area contributed by atoms with Crippen molar-refractivity contribution in [3.8, 4) is 0 Å². The molecule has 0 N–H and O–H groups in total. The maximum atomic E-state index is 13.3. The minimum Gasteiger partial charge on any atom is -0.282 e. The van der Waals surface area contributed by atoms with Gasteiger partial charge in [-0.25, -0.2) is 4.98 Å². The van der Waals surface area contributed by atoms with Gasteiger partial charge in [0.15, 0.2) is 5.13 Å². The van der Waals surface area contributed by atoms with E-state index in [1.54, 1.807) is 22.9 Å². The Morgan fingerprint density at radius 1 is 1.13 bits per heavy atom. The quantitative estimate of drug-likeness (QED) is 0.311. The van der Waals surface area contributed by atoms with E-state index >= 15 is 0 Å². The number of thiazole rings is 1. The van der Waals surface area contributed by atoms with E-state index in [4.69, 9.17) is 11.6 Å². The highest BCUT2D eigenvalue weighted by Crippen LogP contribution is 2.32. The molecule has 0 saturated carbocycles. The normalized spacial score (nSPS) is 11.0. The number of nitrogens with zero attached hydrogens (tertiary/aromatic N) is 3. The van der Waals surface area contributed by atoms with Crippen molar-refractivity contribution < 1.29 is 4.79 Å². The Bertz CT molecular complexity index is 1150. The van der Waals surface area contributed by atoms with E-state index in [0.29, 0.717) is 23.1 Å². The van der Waals surface area contributed by atoms with E-state index in [0.717, 1.165) is 27.2 Å². The molecule has 4 rings (SSSR count). The molecule has 0 aliphatic heterocycles. The Labute approximate surface area is 188 Å². The van der Waals surface area contributed by atoms with Crippen LogP contribution in [0.25, 0.3) is 10.2 Å². The number of halogens is 1. The highest BCUT2D eigenvalue weighted by molar-refractivity contribution is 7.99. The van der Waals surface area contributed by atoms with Gasteiger partial charge < -0.3 is 0 Å². The van der Waals surface area contributed by atoms with E-state index in [1.807, 2.05) is 48.5 Å². The van der Waals surface area contributed by atoms with Crippen molar-refractivity contribution >= 4 is 56.0 Å². The standard InChI is InChI=1S/C23H20ClN3OS2/c1-2-29-19-9-6-16(7-10-19)13-22(28)27(15-18-5-3-4-12-25-18)23-26-20-11-8-17(24)14-21(20)30-23/h3-12,14H,2,13,15H2,1H3. The second-order valence-corrected chi connectivity index (χ2v) is 9.45. The summed E-state index contributed by atoms with van der Waals surface area (Å²) in [5.74, 6) is 1.01. The van der Waals surface area contributed by atoms with E-state index in [2.05, 4.69) is 29.0 Å². The number of hydrogen-bond acceptors (Lipinski definition) is 5. The van der Waals surface area contributed by atoms with Gasteiger partial charge in [-0.3, -0.25) is 14.7 Å². The summed E-state index contributed by atoms with van der Waals surface area (Å²) < 4.78 is 0.956. The zero-order valence-corrected chi connectivity index (χ0v) is 18.8. The number of rotatable bonds is 7. The molecule has 1 amide bonds. The summed E-state index contributed by atoms with van der Waals surface area (Å²) in [5, 5.41) is 1.31. The lowest BCUT2D eigenvalue weighted by Crippen LogP contribution is -2.32. The van der Waals surface area contributed by atoms with Crippen molar-refractivity contribution in [1.82, 2.24) is 9.97 Å². The van der Waals surface area contributed by atoms with E-state index in [9.17, 15) is 4.79 Å². The highest BCUT2D eigenvalue weighted by atomic mass is 35.5. The van der Waals surface area contributed by atoms with Gasteiger partial charge in [-0.1, -0.05) is 48.1 Å². The van der Waals surface area contributed by atoms with Gasteiger partial charge in [0.05, 0.1) is 28.9 Å². The molecular weight excluding hydrogens is 434 g/mol. The van der Waals surface area contributed by atoms with Gasteiger partial charge in [0.2, 0.25) is 5.91 Å². The molecule has 0 aliphatic rings. The Hall–Kier alpha value is -2.41. The minimum atomic E-state index is -0.0123. The van der Waals surface area contributed by atoms with Crippen LogP contribution in [0.15, 0.2) is 71.8 Å². The summed E-state index contributed by atoms with van der Waals surface area (Å²) in [6.07, 6.45) is 2.04. The first-order valence-corrected chi connectivity index (χ1v) is 11.8. The van der Waals surface area contributed by atoms with Crippen molar-refractivity contribution in [1.29, 1.82) is 0 Å². The van der Waals surface area contributed by atoms with Gasteiger partial charge in [0.25, 0.3) is 0 Å². The number of hydrogen-bond donors (Lipinski definition) is 0. The van der Waals surface area contributed by atoms with Crippen LogP contribution in [0.3, 0.4) is 0 Å². The van der Waals surface area contributed by atoms with E-state index < -0.39 is 0 Å². The van der Waals surface area contributed by atoms with Crippen molar-refractivity contribution in [3.63, 3.8) is 0 Å². The third-order valence-electron chi connectivity index (χ3n) is 4.51. The molecule has 2 heterocycles. The van der Waals surface area contributed by atoms with Gasteiger partial charge in [-0.05, 0) is 53.8 Å². The van der Waals surface area contributed by atoms with Gasteiger partial charge in [-0.15, -0.1) is 11.8 Å². The van der Waals surface area contributed by atoms with E-state index in [-0.39, 0.29) is 5.91 Å². The first-order valence-electron chi connectivity index (χ1n) is 9.60. The van der Waals surface area contributed by atoms with Crippen LogP contribution >= 0.6 is 34.7 Å². The topological polar surface area (TPSA) is 46.1 Å². The van der Waals surface area contributed by atoms with Crippen molar-refractivity contribution in [2.24, 2.45) is 0 Å². The molecule has 0 bridgehead atoms. The summed E-state index contributed by atoms with van der Waals surface area (Å²) in [5.41, 5.74) is 2.63. The van der Waals surface area contributed by atoms with Crippen LogP contribution in [0.1, 0.15) is 18.2 Å². The van der Waals surface area contributed by atoms with Crippen LogP contribution in [0.5, 0.6) is 0 Å². The average molecular weight is 454 g/mol. The van der Waals surface area contributed by atoms with Gasteiger partial charge >= 0.3 is 0 Å². The molecule has 4 aromatic rings. The SMILES string of the molecule is CCSc1ccc(CC(=O)N(Cc2ccccn2)c2nc3ccc(Cl)cc3s2)cc1. The second kappa shape index (κ2) is 9.60. The lowest BCUT2D eigenvalue weighted by atomic mass is 10.1. The van der Waals surface area contributed by atoms with Crippen LogP contribution in [0.4, 0.5) is 5.13 Å². The molecule has 2 aromatic heterocycles. The summed E-state index contributed by atoms with van der Waals surface area (Å²) in [4.78, 5) is 25.3. The van der Waals surface area contributed by atoms with Crippen LogP contribution in [-0.4, -0.2) is 21.6 Å². The number of anilines is 1. The van der Waals surface area contributed by atoms with Crippen LogP contribution in [-0.2, 0) is 17.8 Å². The Morgan fingerprint density at radius 2 is 1.97 bits per heavy atom. The van der Waals surface area contributed by atoms with Crippen LogP contribution < -0.4 is 4.90 Å². The van der Waals surface area contributed by atoms with Crippen LogP contribution in [0, 0.1) is 0 Å². The third kappa shape index (κ3) is 5.01. The molecule has 0 spiro atoms. The molecule has 0 radical (unpaired) electrons. The molecule has 7 heteroatoms. The molecule has 2 aromatic carbocycles. The van der Waals surface area contributed by atoms with Gasteiger partial charge in [0, 0.05) is 16.1 Å². The zero-order valence-electron chi connectivity index (χ0n) is 16.4. The largest absolute Gasteiger partial charge is 0.282 e. The van der Waals surface area contributed by atoms with Crippen molar-refractivity contribution in [2.75, 3.05) is 10.7 Å². The predicted octanol–water partition coefficient (Wildman–Crippen LogP) is 6.23. The lowest BCUT2D eigenvalue weighted by molar-refractivity contribution is -0.118. The maximum absolute atomic E-state index is 13.3. The summed E-state index contributed by atoms with van der Waals surface area (Å²) >= 11 is 9.38. The fourth-order valence-corrected chi connectivity index (χ4v) is 4.98. The van der Waals surface area contributed by atoms with Crippen molar-refractivity contribution in [3.05, 3.63) is 83.1 Å². The number of carbonyl (C=O) groups excluding carboxylic acids is 1. The predicted molar refractivity (Wildman–Crippen MR) is 127 cm³/mol. The Morgan fingerprint density at radius 3 is 2.70 bits per heavy atom. The number of carbonyl (C=O) groups is 1. The number of pyridine rings is 1. The van der Waals surface area contributed by atoms with Crippen LogP contribution in [0.2, 0.25) is 5.02 Å². The molecule has 0 atom stereocenters. The number of fused-ring (bicyclic) bond motifs is 1. The first-order chi connectivity index (χ1) is 14.6. The monoisotopic (exact) mass is 453 g/mol. The zero-order chi connectivity index (χ0) is 20.9. The Balaban J connectivity index is 1.62. The minimum absolute atomic E-state index is 0.0123. The molecule has 0 unspecified atom stereocenters. The number of aromatic nitrogens is 2. The van der Waals surface area contributed by atoms with Crippen molar-refractivity contribution in [2.45, 2.75) is 24.8 Å². The number of benzene rings is 2. The fourth-order valence-electron chi connectivity index (χ4n) is 3.06. The lowest BCUT2D eigenvalue weighted by Gasteiger charge is -2.19. The molecular formula is C23H20ClN3OS2. The fraction of sp³-hybridized carbons (Fsp3) is 0.174. The summed E-state index contributed by atoms with van der Waals surface area (Å²) in [7, 11) is 0. The number of thioether (sulfide) groups is 1. The molecule has 0 saturated heterocycles. The average Bonchev–Trinajstić information content (AvgIpc) is 3.17. The second-order valence-electron chi connectivity index (χ2n) is 6.66. The van der Waals surface area contributed by atoms with E-state index in [1.165, 1.54) is 16.2 Å². The first kappa shape index (κ1) is 20.8. The van der Waals surface area contributed by atoms with Gasteiger partial charge in [0.1, 0.15) is 0 Å².